The van der Waals surface area contributed by atoms with Crippen LogP contribution in [0.15, 0.2) is 18.2 Å². The summed E-state index contributed by atoms with van der Waals surface area (Å²) in [5.41, 5.74) is 1.04. The van der Waals surface area contributed by atoms with E-state index >= 15 is 0 Å². The van der Waals surface area contributed by atoms with Crippen LogP contribution < -0.4 is 15.4 Å². The van der Waals surface area contributed by atoms with Crippen LogP contribution in [-0.2, 0) is 9.53 Å². The SMILES string of the molecule is O=C1CCOc2ccc(C(=O)NCC3CCCO3)cc2N1. The van der Waals surface area contributed by atoms with Gasteiger partial charge >= 0.3 is 0 Å². The van der Waals surface area contributed by atoms with Gasteiger partial charge < -0.3 is 20.1 Å². The monoisotopic (exact) mass is 290 g/mol. The number of anilines is 1. The van der Waals surface area contributed by atoms with Gasteiger partial charge in [0.2, 0.25) is 5.91 Å². The number of amides is 2. The number of ether oxygens (including phenoxy) is 2. The van der Waals surface area contributed by atoms with E-state index in [0.717, 1.165) is 19.4 Å². The van der Waals surface area contributed by atoms with Crippen molar-refractivity contribution in [1.29, 1.82) is 0 Å². The average molecular weight is 290 g/mol. The van der Waals surface area contributed by atoms with Gasteiger partial charge in [0, 0.05) is 18.7 Å². The molecule has 0 aliphatic carbocycles. The van der Waals surface area contributed by atoms with Crippen LogP contribution in [0.3, 0.4) is 0 Å². The van der Waals surface area contributed by atoms with E-state index in [-0.39, 0.29) is 17.9 Å². The van der Waals surface area contributed by atoms with Crippen molar-refractivity contribution in [2.45, 2.75) is 25.4 Å². The van der Waals surface area contributed by atoms with Gasteiger partial charge in [0.05, 0.1) is 24.8 Å². The molecule has 21 heavy (non-hydrogen) atoms. The molecule has 3 rings (SSSR count). The largest absolute Gasteiger partial charge is 0.491 e. The Hall–Kier alpha value is -2.08. The third-order valence-corrected chi connectivity index (χ3v) is 3.62. The topological polar surface area (TPSA) is 76.7 Å². The van der Waals surface area contributed by atoms with E-state index in [1.165, 1.54) is 0 Å². The molecule has 0 saturated carbocycles. The lowest BCUT2D eigenvalue weighted by atomic mass is 10.1. The van der Waals surface area contributed by atoms with Gasteiger partial charge in [-0.3, -0.25) is 9.59 Å². The number of carbonyl (C=O) groups excluding carboxylic acids is 2. The minimum Gasteiger partial charge on any atom is -0.491 e. The number of benzene rings is 1. The first-order valence-electron chi connectivity index (χ1n) is 7.19. The van der Waals surface area contributed by atoms with E-state index in [4.69, 9.17) is 9.47 Å². The first-order valence-corrected chi connectivity index (χ1v) is 7.19. The predicted molar refractivity (Wildman–Crippen MR) is 76.5 cm³/mol. The van der Waals surface area contributed by atoms with E-state index in [1.54, 1.807) is 18.2 Å². The summed E-state index contributed by atoms with van der Waals surface area (Å²) >= 11 is 0. The Morgan fingerprint density at radius 3 is 3.10 bits per heavy atom. The molecule has 0 aromatic heterocycles. The molecule has 112 valence electrons. The minimum absolute atomic E-state index is 0.106. The van der Waals surface area contributed by atoms with Crippen LogP contribution in [0.25, 0.3) is 0 Å². The second kappa shape index (κ2) is 6.13. The Labute approximate surface area is 122 Å². The fourth-order valence-electron chi connectivity index (χ4n) is 2.48. The Bertz CT molecular complexity index is 553. The molecule has 1 fully saturated rings. The number of fused-ring (bicyclic) bond motifs is 1. The van der Waals surface area contributed by atoms with E-state index in [9.17, 15) is 9.59 Å². The fraction of sp³-hybridized carbons (Fsp3) is 0.467. The molecule has 1 unspecified atom stereocenters. The van der Waals surface area contributed by atoms with E-state index < -0.39 is 0 Å². The lowest BCUT2D eigenvalue weighted by molar-refractivity contribution is -0.116. The molecule has 0 bridgehead atoms. The first kappa shape index (κ1) is 13.9. The molecule has 1 atom stereocenters. The number of rotatable bonds is 3. The van der Waals surface area contributed by atoms with Crippen molar-refractivity contribution in [3.63, 3.8) is 0 Å². The molecule has 0 radical (unpaired) electrons. The van der Waals surface area contributed by atoms with E-state index in [2.05, 4.69) is 10.6 Å². The molecule has 2 N–H and O–H groups in total. The summed E-state index contributed by atoms with van der Waals surface area (Å²) < 4.78 is 10.9. The Kier molecular flexibility index (Phi) is 4.06. The summed E-state index contributed by atoms with van der Waals surface area (Å²) in [6, 6.07) is 5.05. The smallest absolute Gasteiger partial charge is 0.251 e. The summed E-state index contributed by atoms with van der Waals surface area (Å²) in [4.78, 5) is 23.7. The maximum atomic E-state index is 12.1. The van der Waals surface area contributed by atoms with E-state index in [1.807, 2.05) is 0 Å². The summed E-state index contributed by atoms with van der Waals surface area (Å²) in [6.45, 7) is 1.63. The maximum Gasteiger partial charge on any atom is 0.251 e. The summed E-state index contributed by atoms with van der Waals surface area (Å²) in [5, 5.41) is 5.60. The van der Waals surface area contributed by atoms with Crippen LogP contribution in [0.5, 0.6) is 5.75 Å². The van der Waals surface area contributed by atoms with E-state index in [0.29, 0.717) is 36.6 Å². The number of hydrogen-bond donors (Lipinski definition) is 2. The van der Waals surface area contributed by atoms with Crippen molar-refractivity contribution in [2.75, 3.05) is 25.1 Å². The lowest BCUT2D eigenvalue weighted by Crippen LogP contribution is -2.31. The second-order valence-corrected chi connectivity index (χ2v) is 5.20. The Morgan fingerprint density at radius 2 is 2.29 bits per heavy atom. The molecule has 1 aromatic carbocycles. The third-order valence-electron chi connectivity index (χ3n) is 3.62. The highest BCUT2D eigenvalue weighted by Crippen LogP contribution is 2.28. The second-order valence-electron chi connectivity index (χ2n) is 5.20. The van der Waals surface area contributed by atoms with Crippen LogP contribution in [0.4, 0.5) is 5.69 Å². The lowest BCUT2D eigenvalue weighted by Gasteiger charge is -2.12. The zero-order valence-electron chi connectivity index (χ0n) is 11.7. The number of nitrogens with one attached hydrogen (secondary N) is 2. The standard InChI is InChI=1S/C15H18N2O4/c18-14-5-7-21-13-4-3-10(8-12(13)17-14)15(19)16-9-11-2-1-6-20-11/h3-4,8,11H,1-2,5-7,9H2,(H,16,19)(H,17,18). The van der Waals surface area contributed by atoms with Crippen molar-refractivity contribution in [2.24, 2.45) is 0 Å². The Balaban J connectivity index is 1.67. The zero-order valence-corrected chi connectivity index (χ0v) is 11.7. The van der Waals surface area contributed by atoms with Crippen LogP contribution in [-0.4, -0.2) is 37.7 Å². The molecule has 0 spiro atoms. The van der Waals surface area contributed by atoms with Crippen LogP contribution in [0.2, 0.25) is 0 Å². The quantitative estimate of drug-likeness (QED) is 0.880. The highest BCUT2D eigenvalue weighted by Gasteiger charge is 2.19. The molecule has 2 aliphatic heterocycles. The van der Waals surface area contributed by atoms with Crippen molar-refractivity contribution in [3.05, 3.63) is 23.8 Å². The minimum atomic E-state index is -0.174. The van der Waals surface area contributed by atoms with Crippen LogP contribution >= 0.6 is 0 Å². The zero-order chi connectivity index (χ0) is 14.7. The molecule has 6 nitrogen and oxygen atoms in total. The first-order chi connectivity index (χ1) is 10.2. The van der Waals surface area contributed by atoms with Gasteiger partial charge in [-0.2, -0.15) is 0 Å². The van der Waals surface area contributed by atoms with Gasteiger partial charge in [-0.1, -0.05) is 0 Å². The number of carbonyl (C=O) groups is 2. The van der Waals surface area contributed by atoms with Gasteiger partial charge in [-0.05, 0) is 31.0 Å². The molecule has 2 amide bonds. The molecule has 2 heterocycles. The molecule has 1 saturated heterocycles. The maximum absolute atomic E-state index is 12.1. The fourth-order valence-corrected chi connectivity index (χ4v) is 2.48. The predicted octanol–water partition coefficient (Wildman–Crippen LogP) is 1.32. The van der Waals surface area contributed by atoms with Crippen LogP contribution in [0.1, 0.15) is 29.6 Å². The van der Waals surface area contributed by atoms with Gasteiger partial charge in [0.25, 0.3) is 5.91 Å². The van der Waals surface area contributed by atoms with Gasteiger partial charge in [0.1, 0.15) is 5.75 Å². The van der Waals surface area contributed by atoms with Crippen molar-refractivity contribution in [1.82, 2.24) is 5.32 Å². The molecule has 6 heteroatoms. The molecule has 1 aromatic rings. The molecule has 2 aliphatic rings. The summed E-state index contributed by atoms with van der Waals surface area (Å²) in [7, 11) is 0. The normalized spacial score (nSPS) is 21.0. The molecular weight excluding hydrogens is 272 g/mol. The van der Waals surface area contributed by atoms with Gasteiger partial charge in [0.15, 0.2) is 0 Å². The third kappa shape index (κ3) is 3.33. The summed E-state index contributed by atoms with van der Waals surface area (Å²) in [5.74, 6) is 0.314. The molecular formula is C15H18N2O4. The van der Waals surface area contributed by atoms with Crippen LogP contribution in [0, 0.1) is 0 Å². The Morgan fingerprint density at radius 1 is 1.38 bits per heavy atom. The van der Waals surface area contributed by atoms with Crippen molar-refractivity contribution >= 4 is 17.5 Å². The van der Waals surface area contributed by atoms with Gasteiger partial charge in [-0.15, -0.1) is 0 Å². The van der Waals surface area contributed by atoms with Crippen molar-refractivity contribution < 1.29 is 19.1 Å². The number of hydrogen-bond acceptors (Lipinski definition) is 4. The van der Waals surface area contributed by atoms with Gasteiger partial charge in [-0.25, -0.2) is 0 Å². The highest BCUT2D eigenvalue weighted by molar-refractivity contribution is 5.98. The highest BCUT2D eigenvalue weighted by atomic mass is 16.5. The summed E-state index contributed by atoms with van der Waals surface area (Å²) in [6.07, 6.45) is 2.45. The average Bonchev–Trinajstić information content (AvgIpc) is 2.92. The van der Waals surface area contributed by atoms with Crippen molar-refractivity contribution in [3.8, 4) is 5.75 Å².